The number of carbonyl (C=O) groups excluding carboxylic acids is 1. The van der Waals surface area contributed by atoms with Crippen molar-refractivity contribution in [2.24, 2.45) is 11.1 Å². The molecule has 2 N–H and O–H groups in total. The third kappa shape index (κ3) is 3.59. The highest BCUT2D eigenvalue weighted by atomic mass is 32.2. The molecule has 0 radical (unpaired) electrons. The molecule has 6 nitrogen and oxygen atoms in total. The van der Waals surface area contributed by atoms with Gasteiger partial charge in [0.05, 0.1) is 5.69 Å². The molecule has 0 fully saturated rings. The number of carbonyl (C=O) groups is 1. The molecule has 22 heavy (non-hydrogen) atoms. The van der Waals surface area contributed by atoms with Gasteiger partial charge in [0.2, 0.25) is 10.0 Å². The number of para-hydroxylation sites is 1. The van der Waals surface area contributed by atoms with E-state index in [-0.39, 0.29) is 10.8 Å². The first kappa shape index (κ1) is 16.8. The minimum atomic E-state index is -3.92. The molecule has 0 aromatic heterocycles. The van der Waals surface area contributed by atoms with Gasteiger partial charge in [0.25, 0.3) is 0 Å². The molecule has 2 rings (SSSR count). The smallest absolute Gasteiger partial charge is 0.414 e. The summed E-state index contributed by atoms with van der Waals surface area (Å²) in [4.78, 5) is 13.8. The van der Waals surface area contributed by atoms with Crippen molar-refractivity contribution in [1.82, 2.24) is 0 Å². The average molecular weight is 326 g/mol. The Bertz CT molecular complexity index is 692. The zero-order valence-electron chi connectivity index (χ0n) is 13.3. The third-order valence-corrected chi connectivity index (χ3v) is 4.28. The number of nitrogens with zero attached hydrogens (tertiary/aromatic N) is 1. The van der Waals surface area contributed by atoms with E-state index in [9.17, 15) is 13.2 Å². The van der Waals surface area contributed by atoms with E-state index in [1.165, 1.54) is 11.0 Å². The molecular formula is C15H22N2O4S. The molecule has 122 valence electrons. The zero-order chi connectivity index (χ0) is 16.7. The summed E-state index contributed by atoms with van der Waals surface area (Å²) in [5.74, 6) is 0.204. The van der Waals surface area contributed by atoms with Gasteiger partial charge in [0.15, 0.2) is 0 Å². The molecule has 0 aliphatic carbocycles. The normalized spacial score (nSPS) is 18.8. The first-order valence-electron chi connectivity index (χ1n) is 7.14. The minimum Gasteiger partial charge on any atom is -0.443 e. The molecule has 1 atom stereocenters. The van der Waals surface area contributed by atoms with Gasteiger partial charge >= 0.3 is 6.09 Å². The van der Waals surface area contributed by atoms with Crippen LogP contribution in [0.5, 0.6) is 0 Å². The third-order valence-electron chi connectivity index (χ3n) is 3.34. The Morgan fingerprint density at radius 3 is 2.55 bits per heavy atom. The Morgan fingerprint density at radius 1 is 1.36 bits per heavy atom. The number of sulfonamides is 1. The van der Waals surface area contributed by atoms with Gasteiger partial charge in [-0.2, -0.15) is 0 Å². The topological polar surface area (TPSA) is 89.7 Å². The van der Waals surface area contributed by atoms with Crippen LogP contribution >= 0.6 is 0 Å². The van der Waals surface area contributed by atoms with E-state index < -0.39 is 21.7 Å². The molecule has 0 saturated carbocycles. The minimum absolute atomic E-state index is 0.0391. The molecule has 0 saturated heterocycles. The summed E-state index contributed by atoms with van der Waals surface area (Å²) >= 11 is 0. The number of amides is 1. The number of nitrogens with two attached hydrogens (primary N) is 1. The average Bonchev–Trinajstić information content (AvgIpc) is 2.33. The molecule has 1 heterocycles. The van der Waals surface area contributed by atoms with Crippen LogP contribution in [0.25, 0.3) is 0 Å². The van der Waals surface area contributed by atoms with Crippen LogP contribution in [0.4, 0.5) is 10.5 Å². The van der Waals surface area contributed by atoms with Crippen LogP contribution in [0.15, 0.2) is 23.1 Å². The predicted molar refractivity (Wildman–Crippen MR) is 84.3 cm³/mol. The summed E-state index contributed by atoms with van der Waals surface area (Å²) in [5, 5.41) is 5.30. The number of ether oxygens (including phenoxy) is 1. The molecule has 0 bridgehead atoms. The second-order valence-corrected chi connectivity index (χ2v) is 8.24. The van der Waals surface area contributed by atoms with Crippen LogP contribution in [-0.2, 0) is 21.2 Å². The van der Waals surface area contributed by atoms with Crippen molar-refractivity contribution >= 4 is 21.8 Å². The number of anilines is 1. The van der Waals surface area contributed by atoms with Crippen LogP contribution in [0, 0.1) is 5.92 Å². The second-order valence-electron chi connectivity index (χ2n) is 6.71. The van der Waals surface area contributed by atoms with Crippen molar-refractivity contribution < 1.29 is 17.9 Å². The van der Waals surface area contributed by atoms with Crippen LogP contribution in [0.3, 0.4) is 0 Å². The quantitative estimate of drug-likeness (QED) is 0.857. The van der Waals surface area contributed by atoms with Crippen LogP contribution < -0.4 is 10.0 Å². The van der Waals surface area contributed by atoms with Gasteiger partial charge in [0, 0.05) is 6.54 Å². The Kier molecular flexibility index (Phi) is 4.23. The van der Waals surface area contributed by atoms with Gasteiger partial charge in [-0.05, 0) is 44.7 Å². The van der Waals surface area contributed by atoms with Crippen LogP contribution in [-0.4, -0.2) is 26.7 Å². The summed E-state index contributed by atoms with van der Waals surface area (Å²) < 4.78 is 29.1. The van der Waals surface area contributed by atoms with Crippen molar-refractivity contribution in [3.8, 4) is 0 Å². The van der Waals surface area contributed by atoms with Crippen molar-refractivity contribution in [2.75, 3.05) is 11.4 Å². The zero-order valence-corrected chi connectivity index (χ0v) is 14.1. The summed E-state index contributed by atoms with van der Waals surface area (Å²) in [6, 6.07) is 4.88. The summed E-state index contributed by atoms with van der Waals surface area (Å²) in [7, 11) is -3.92. The maximum Gasteiger partial charge on any atom is 0.414 e. The Hall–Kier alpha value is -1.60. The van der Waals surface area contributed by atoms with Crippen molar-refractivity contribution in [3.05, 3.63) is 23.8 Å². The lowest BCUT2D eigenvalue weighted by atomic mass is 9.94. The van der Waals surface area contributed by atoms with Gasteiger partial charge < -0.3 is 4.74 Å². The van der Waals surface area contributed by atoms with Crippen LogP contribution in [0.2, 0.25) is 0 Å². The van der Waals surface area contributed by atoms with E-state index >= 15 is 0 Å². The molecule has 1 aliphatic rings. The fraction of sp³-hybridized carbons (Fsp3) is 0.533. The fourth-order valence-corrected chi connectivity index (χ4v) is 3.37. The van der Waals surface area contributed by atoms with Crippen LogP contribution in [0.1, 0.15) is 33.3 Å². The first-order valence-corrected chi connectivity index (χ1v) is 8.69. The predicted octanol–water partition coefficient (Wildman–Crippen LogP) is 2.27. The summed E-state index contributed by atoms with van der Waals surface area (Å²) in [5.41, 5.74) is 0.475. The maximum atomic E-state index is 12.5. The fourth-order valence-electron chi connectivity index (χ4n) is 2.59. The van der Waals surface area contributed by atoms with Gasteiger partial charge in [-0.25, -0.2) is 18.4 Å². The van der Waals surface area contributed by atoms with E-state index in [2.05, 4.69) is 0 Å². The molecule has 1 aromatic rings. The van der Waals surface area contributed by atoms with E-state index in [0.717, 1.165) is 5.56 Å². The summed E-state index contributed by atoms with van der Waals surface area (Å²) in [6.45, 7) is 7.71. The van der Waals surface area contributed by atoms with Crippen molar-refractivity contribution in [1.29, 1.82) is 0 Å². The molecule has 1 aromatic carbocycles. The number of benzene rings is 1. The largest absolute Gasteiger partial charge is 0.443 e. The number of primary sulfonamides is 1. The molecule has 1 aliphatic heterocycles. The number of hydrogen-bond donors (Lipinski definition) is 1. The molecule has 0 spiro atoms. The molecule has 1 amide bonds. The van der Waals surface area contributed by atoms with E-state index in [4.69, 9.17) is 9.88 Å². The number of rotatable bonds is 1. The molecular weight excluding hydrogens is 304 g/mol. The Balaban J connectivity index is 2.54. The number of fused-ring (bicyclic) bond motifs is 1. The first-order chi connectivity index (χ1) is 9.99. The highest BCUT2D eigenvalue weighted by Crippen LogP contribution is 2.35. The maximum absolute atomic E-state index is 12.5. The Labute approximate surface area is 131 Å². The lowest BCUT2D eigenvalue weighted by Crippen LogP contribution is -2.43. The van der Waals surface area contributed by atoms with E-state index in [1.807, 2.05) is 13.0 Å². The van der Waals surface area contributed by atoms with E-state index in [1.54, 1.807) is 26.8 Å². The van der Waals surface area contributed by atoms with Crippen molar-refractivity contribution in [2.45, 2.75) is 44.6 Å². The van der Waals surface area contributed by atoms with Gasteiger partial charge in [-0.3, -0.25) is 4.90 Å². The SMILES string of the molecule is CC1Cc2cccc(S(N)(=O)=O)c2N(C(=O)OC(C)(C)C)C1. The van der Waals surface area contributed by atoms with Gasteiger partial charge in [-0.1, -0.05) is 19.1 Å². The highest BCUT2D eigenvalue weighted by molar-refractivity contribution is 7.89. The summed E-state index contributed by atoms with van der Waals surface area (Å²) in [6.07, 6.45) is 0.134. The highest BCUT2D eigenvalue weighted by Gasteiger charge is 2.33. The Morgan fingerprint density at radius 2 is 2.00 bits per heavy atom. The van der Waals surface area contributed by atoms with Gasteiger partial charge in [-0.15, -0.1) is 0 Å². The number of hydrogen-bond acceptors (Lipinski definition) is 4. The van der Waals surface area contributed by atoms with E-state index in [0.29, 0.717) is 18.7 Å². The molecule has 7 heteroatoms. The van der Waals surface area contributed by atoms with Crippen molar-refractivity contribution in [3.63, 3.8) is 0 Å². The van der Waals surface area contributed by atoms with Gasteiger partial charge in [0.1, 0.15) is 10.5 Å². The second kappa shape index (κ2) is 5.55. The standard InChI is InChI=1S/C15H22N2O4S/c1-10-8-11-6-5-7-12(22(16,19)20)13(11)17(9-10)14(18)21-15(2,3)4/h5-7,10H,8-9H2,1-4H3,(H2,16,19,20). The monoisotopic (exact) mass is 326 g/mol. The molecule has 1 unspecified atom stereocenters. The lowest BCUT2D eigenvalue weighted by molar-refractivity contribution is 0.0571. The lowest BCUT2D eigenvalue weighted by Gasteiger charge is -2.35.